The fourth-order valence-corrected chi connectivity index (χ4v) is 4.12. The highest BCUT2D eigenvalue weighted by atomic mass is 35.5. The first-order chi connectivity index (χ1) is 15.0. The number of fused-ring (bicyclic) bond motifs is 2. The molecule has 0 radical (unpaired) electrons. The first kappa shape index (κ1) is 20.0. The Morgan fingerprint density at radius 1 is 1.16 bits per heavy atom. The van der Waals surface area contributed by atoms with E-state index in [1.165, 1.54) is 12.3 Å². The fraction of sp³-hybridized carbons (Fsp3) is 0.273. The van der Waals surface area contributed by atoms with Crippen molar-refractivity contribution in [1.29, 1.82) is 0 Å². The second-order valence-corrected chi connectivity index (χ2v) is 7.90. The number of aromatic nitrogens is 1. The number of ether oxygens (including phenoxy) is 2. The molecule has 1 saturated heterocycles. The van der Waals surface area contributed by atoms with Crippen molar-refractivity contribution in [1.82, 2.24) is 14.8 Å². The first-order valence-electron chi connectivity index (χ1n) is 9.96. The lowest BCUT2D eigenvalue weighted by atomic mass is 10.1. The molecule has 2 aromatic carbocycles. The maximum absolute atomic E-state index is 14.2. The van der Waals surface area contributed by atoms with Crippen molar-refractivity contribution in [3.63, 3.8) is 0 Å². The average Bonchev–Trinajstić information content (AvgIpc) is 2.75. The smallest absolute Gasteiger partial charge is 0.256 e. The van der Waals surface area contributed by atoms with Gasteiger partial charge in [-0.15, -0.1) is 0 Å². The van der Waals surface area contributed by atoms with Gasteiger partial charge in [0.1, 0.15) is 16.9 Å². The Bertz CT molecular complexity index is 1250. The highest BCUT2D eigenvalue weighted by Crippen LogP contribution is 2.41. The minimum Gasteiger partial charge on any atom is -0.453 e. The predicted molar refractivity (Wildman–Crippen MR) is 114 cm³/mol. The third-order valence-corrected chi connectivity index (χ3v) is 5.73. The molecule has 160 valence electrons. The monoisotopic (exact) mass is 443 g/mol. The number of benzene rings is 2. The lowest BCUT2D eigenvalue weighted by Crippen LogP contribution is -2.42. The molecule has 3 aromatic rings. The van der Waals surface area contributed by atoms with E-state index in [2.05, 4.69) is 10.2 Å². The third kappa shape index (κ3) is 3.67. The minimum absolute atomic E-state index is 0.0613. The molecule has 0 atom stereocenters. The van der Waals surface area contributed by atoms with Gasteiger partial charge in [0.05, 0.1) is 24.3 Å². The highest BCUT2D eigenvalue weighted by molar-refractivity contribution is 6.30. The van der Waals surface area contributed by atoms with Gasteiger partial charge in [0, 0.05) is 49.5 Å². The van der Waals surface area contributed by atoms with Crippen molar-refractivity contribution < 1.29 is 18.7 Å². The molecule has 2 aliphatic heterocycles. The molecule has 0 bridgehead atoms. The summed E-state index contributed by atoms with van der Waals surface area (Å²) in [7, 11) is 0. The molecule has 3 heterocycles. The van der Waals surface area contributed by atoms with Crippen LogP contribution in [0.2, 0.25) is 5.02 Å². The number of rotatable bonds is 4. The molecule has 5 rings (SSSR count). The molecule has 7 nitrogen and oxygen atoms in total. The summed E-state index contributed by atoms with van der Waals surface area (Å²) >= 11 is 6.08. The number of morpholine rings is 1. The number of carbonyl (C=O) groups is 1. The Morgan fingerprint density at radius 3 is 2.77 bits per heavy atom. The van der Waals surface area contributed by atoms with Gasteiger partial charge in [0.15, 0.2) is 11.5 Å². The second kappa shape index (κ2) is 7.96. The lowest BCUT2D eigenvalue weighted by molar-refractivity contribution is 0.0383. The standard InChI is InChI=1S/C22H19ClFN3O4/c23-13-1-2-17-18(9-13)31-19-11-14(24)10-15-20(19)27(17)12-16(21(15)28)22(29)25-3-4-26-5-7-30-8-6-26/h1-2,9-12H,3-8H2,(H,25,29). The van der Waals surface area contributed by atoms with Crippen LogP contribution in [-0.4, -0.2) is 54.8 Å². The molecule has 1 N–H and O–H groups in total. The third-order valence-electron chi connectivity index (χ3n) is 5.49. The van der Waals surface area contributed by atoms with Gasteiger partial charge in [-0.05, 0) is 18.2 Å². The topological polar surface area (TPSA) is 72.8 Å². The Balaban J connectivity index is 1.53. The number of halogens is 2. The first-order valence-corrected chi connectivity index (χ1v) is 10.3. The van der Waals surface area contributed by atoms with Gasteiger partial charge < -0.3 is 19.4 Å². The predicted octanol–water partition coefficient (Wildman–Crippen LogP) is 2.95. The quantitative estimate of drug-likeness (QED) is 0.525. The van der Waals surface area contributed by atoms with Crippen LogP contribution in [0.25, 0.3) is 16.6 Å². The summed E-state index contributed by atoms with van der Waals surface area (Å²) in [4.78, 5) is 28.1. The summed E-state index contributed by atoms with van der Waals surface area (Å²) < 4.78 is 27.0. The molecule has 1 amide bonds. The average molecular weight is 444 g/mol. The zero-order valence-electron chi connectivity index (χ0n) is 16.5. The molecule has 0 spiro atoms. The van der Waals surface area contributed by atoms with E-state index in [-0.39, 0.29) is 16.7 Å². The highest BCUT2D eigenvalue weighted by Gasteiger charge is 2.25. The summed E-state index contributed by atoms with van der Waals surface area (Å²) in [6.45, 7) is 4.00. The molecule has 0 aliphatic carbocycles. The van der Waals surface area contributed by atoms with E-state index in [0.29, 0.717) is 48.3 Å². The Hall–Kier alpha value is -2.94. The van der Waals surface area contributed by atoms with Gasteiger partial charge in [-0.2, -0.15) is 0 Å². The number of nitrogens with one attached hydrogen (secondary N) is 1. The SMILES string of the molecule is O=C(NCCN1CCOCC1)c1cn2c3c(cc(F)cc3c1=O)Oc1cc(Cl)ccc1-2. The molecule has 1 fully saturated rings. The number of amides is 1. The Labute approximate surface area is 181 Å². The second-order valence-electron chi connectivity index (χ2n) is 7.47. The van der Waals surface area contributed by atoms with Gasteiger partial charge in [0.2, 0.25) is 5.43 Å². The maximum Gasteiger partial charge on any atom is 0.256 e. The van der Waals surface area contributed by atoms with E-state index in [4.69, 9.17) is 21.1 Å². The van der Waals surface area contributed by atoms with Gasteiger partial charge in [-0.1, -0.05) is 11.6 Å². The summed E-state index contributed by atoms with van der Waals surface area (Å²) in [5.74, 6) is -0.520. The van der Waals surface area contributed by atoms with Crippen molar-refractivity contribution >= 4 is 28.4 Å². The van der Waals surface area contributed by atoms with Crippen LogP contribution in [0, 0.1) is 5.82 Å². The molecule has 9 heteroatoms. The number of nitrogens with zero attached hydrogens (tertiary/aromatic N) is 2. The van der Waals surface area contributed by atoms with E-state index >= 15 is 0 Å². The van der Waals surface area contributed by atoms with Crippen LogP contribution in [0.4, 0.5) is 4.39 Å². The van der Waals surface area contributed by atoms with Crippen molar-refractivity contribution in [2.75, 3.05) is 39.4 Å². The summed E-state index contributed by atoms with van der Waals surface area (Å²) in [5, 5.41) is 3.34. The van der Waals surface area contributed by atoms with E-state index in [9.17, 15) is 14.0 Å². The number of hydrogen-bond acceptors (Lipinski definition) is 5. The van der Waals surface area contributed by atoms with Gasteiger partial charge in [0.25, 0.3) is 5.91 Å². The Kier molecular flexibility index (Phi) is 5.13. The number of carbonyl (C=O) groups excluding carboxylic acids is 1. The number of hydrogen-bond donors (Lipinski definition) is 1. The molecule has 31 heavy (non-hydrogen) atoms. The molecule has 0 unspecified atom stereocenters. The van der Waals surface area contributed by atoms with Crippen LogP contribution >= 0.6 is 11.6 Å². The summed E-state index contributed by atoms with van der Waals surface area (Å²) in [5.41, 5.74) is 0.410. The zero-order valence-corrected chi connectivity index (χ0v) is 17.2. The van der Waals surface area contributed by atoms with E-state index in [1.54, 1.807) is 22.8 Å². The largest absolute Gasteiger partial charge is 0.453 e. The van der Waals surface area contributed by atoms with Crippen molar-refractivity contribution in [2.45, 2.75) is 0 Å². The van der Waals surface area contributed by atoms with E-state index in [1.807, 2.05) is 0 Å². The van der Waals surface area contributed by atoms with Gasteiger partial charge in [-0.25, -0.2) is 4.39 Å². The van der Waals surface area contributed by atoms with Crippen molar-refractivity contribution in [3.8, 4) is 17.2 Å². The van der Waals surface area contributed by atoms with Crippen LogP contribution in [0.15, 0.2) is 41.3 Å². The Morgan fingerprint density at radius 2 is 1.97 bits per heavy atom. The van der Waals surface area contributed by atoms with E-state index < -0.39 is 17.2 Å². The van der Waals surface area contributed by atoms with Crippen molar-refractivity contribution in [2.24, 2.45) is 0 Å². The fourth-order valence-electron chi connectivity index (χ4n) is 3.96. The van der Waals surface area contributed by atoms with Gasteiger partial charge >= 0.3 is 0 Å². The lowest BCUT2D eigenvalue weighted by Gasteiger charge is -2.26. The minimum atomic E-state index is -0.624. The zero-order chi connectivity index (χ0) is 21.5. The molecular weight excluding hydrogens is 425 g/mol. The van der Waals surface area contributed by atoms with Gasteiger partial charge in [-0.3, -0.25) is 14.5 Å². The number of pyridine rings is 1. The molecule has 0 saturated carbocycles. The molecular formula is C22H19ClFN3O4. The summed E-state index contributed by atoms with van der Waals surface area (Å²) in [6, 6.07) is 7.37. The van der Waals surface area contributed by atoms with Crippen LogP contribution in [0.3, 0.4) is 0 Å². The molecule has 2 aliphatic rings. The van der Waals surface area contributed by atoms with Crippen LogP contribution in [-0.2, 0) is 4.74 Å². The maximum atomic E-state index is 14.2. The van der Waals surface area contributed by atoms with E-state index in [0.717, 1.165) is 19.2 Å². The van der Waals surface area contributed by atoms with Crippen molar-refractivity contribution in [3.05, 3.63) is 63.2 Å². The van der Waals surface area contributed by atoms with Crippen LogP contribution in [0.5, 0.6) is 11.5 Å². The normalized spacial score (nSPS) is 15.4. The van der Waals surface area contributed by atoms with Crippen LogP contribution < -0.4 is 15.5 Å². The van der Waals surface area contributed by atoms with Crippen LogP contribution in [0.1, 0.15) is 10.4 Å². The summed E-state index contributed by atoms with van der Waals surface area (Å²) in [6.07, 6.45) is 1.48. The molecule has 1 aromatic heterocycles.